The van der Waals surface area contributed by atoms with Crippen LogP contribution in [0.3, 0.4) is 0 Å². The summed E-state index contributed by atoms with van der Waals surface area (Å²) in [5.41, 5.74) is 1.69. The van der Waals surface area contributed by atoms with Gasteiger partial charge in [-0.1, -0.05) is 11.6 Å². The van der Waals surface area contributed by atoms with E-state index in [4.69, 9.17) is 22.0 Å². The number of anilines is 2. The van der Waals surface area contributed by atoms with E-state index in [-0.39, 0.29) is 23.6 Å². The van der Waals surface area contributed by atoms with Crippen LogP contribution in [0.5, 0.6) is 0 Å². The largest absolute Gasteiger partial charge is 0.355 e. The van der Waals surface area contributed by atoms with Gasteiger partial charge < -0.3 is 20.5 Å². The first-order valence-electron chi connectivity index (χ1n) is 12.5. The quantitative estimate of drug-likeness (QED) is 0.433. The summed E-state index contributed by atoms with van der Waals surface area (Å²) in [5, 5.41) is 12.6. The number of sulfonamides is 1. The molecule has 12 heteroatoms. The van der Waals surface area contributed by atoms with Crippen LogP contribution in [0.15, 0.2) is 24.4 Å². The Kier molecular flexibility index (Phi) is 8.35. The average Bonchev–Trinajstić information content (AvgIpc) is 3.34. The smallest absolute Gasteiger partial charge is 0.256 e. The van der Waals surface area contributed by atoms with Gasteiger partial charge in [0, 0.05) is 54.6 Å². The standard InChI is InChI=1S/C25H34ClN7O3S/c1-16-14-29-23(30-24(16)32-11-9-18(15-32)28-2)13-20(27)22-6-4-5-10-33(22)25(34)19-12-17(26)7-8-21(19)31-37(3,35)36/h7-8,12,14,18,22,27-28,31H,4-6,9-11,13,15H2,1-3H3. The topological polar surface area (TPSA) is 131 Å². The van der Waals surface area contributed by atoms with Crippen LogP contribution in [-0.2, 0) is 16.4 Å². The Labute approximate surface area is 223 Å². The molecule has 2 fully saturated rings. The molecule has 0 bridgehead atoms. The van der Waals surface area contributed by atoms with Crippen molar-refractivity contribution in [2.45, 2.75) is 51.1 Å². The van der Waals surface area contributed by atoms with Crippen LogP contribution in [-0.4, -0.2) is 79.9 Å². The predicted octanol–water partition coefficient (Wildman–Crippen LogP) is 2.87. The zero-order valence-corrected chi connectivity index (χ0v) is 23.0. The number of carbonyl (C=O) groups excluding carboxylic acids is 1. The van der Waals surface area contributed by atoms with Crippen molar-refractivity contribution in [3.05, 3.63) is 46.4 Å². The van der Waals surface area contributed by atoms with Crippen molar-refractivity contribution in [1.82, 2.24) is 20.2 Å². The highest BCUT2D eigenvalue weighted by Crippen LogP contribution is 2.28. The van der Waals surface area contributed by atoms with Crippen molar-refractivity contribution >= 4 is 44.7 Å². The van der Waals surface area contributed by atoms with E-state index >= 15 is 0 Å². The summed E-state index contributed by atoms with van der Waals surface area (Å²) in [6.07, 6.45) is 6.45. The van der Waals surface area contributed by atoms with Gasteiger partial charge in [-0.25, -0.2) is 18.4 Å². The molecule has 10 nitrogen and oxygen atoms in total. The Balaban J connectivity index is 1.55. The van der Waals surface area contributed by atoms with Gasteiger partial charge in [-0.05, 0) is 57.9 Å². The second-order valence-electron chi connectivity index (χ2n) is 9.79. The SMILES string of the molecule is CNC1CCN(c2nc(CC(=N)C3CCCCN3C(=O)c3cc(Cl)ccc3NS(C)(=O)=O)ncc2C)C1. The highest BCUT2D eigenvalue weighted by atomic mass is 35.5. The number of halogens is 1. The molecule has 2 saturated heterocycles. The summed E-state index contributed by atoms with van der Waals surface area (Å²) >= 11 is 6.16. The number of amides is 1. The number of nitrogens with one attached hydrogen (secondary N) is 3. The van der Waals surface area contributed by atoms with Crippen LogP contribution in [0, 0.1) is 12.3 Å². The van der Waals surface area contributed by atoms with E-state index in [0.717, 1.165) is 50.0 Å². The lowest BCUT2D eigenvalue weighted by atomic mass is 9.94. The lowest BCUT2D eigenvalue weighted by molar-refractivity contribution is 0.0679. The van der Waals surface area contributed by atoms with E-state index in [2.05, 4.69) is 19.9 Å². The number of likely N-dealkylation sites (N-methyl/N-ethyl adjacent to an activating group) is 1. The summed E-state index contributed by atoms with van der Waals surface area (Å²) < 4.78 is 26.2. The third-order valence-electron chi connectivity index (χ3n) is 6.91. The Morgan fingerprint density at radius 3 is 2.73 bits per heavy atom. The minimum Gasteiger partial charge on any atom is -0.355 e. The van der Waals surface area contributed by atoms with E-state index < -0.39 is 16.1 Å². The number of aryl methyl sites for hydroxylation is 1. The normalized spacial score (nSPS) is 20.2. The predicted molar refractivity (Wildman–Crippen MR) is 146 cm³/mol. The molecule has 0 saturated carbocycles. The molecule has 1 amide bonds. The van der Waals surface area contributed by atoms with Crippen LogP contribution in [0.2, 0.25) is 5.02 Å². The van der Waals surface area contributed by atoms with Crippen LogP contribution in [0.25, 0.3) is 0 Å². The van der Waals surface area contributed by atoms with Gasteiger partial charge in [-0.2, -0.15) is 0 Å². The first kappa shape index (κ1) is 27.3. The zero-order chi connectivity index (χ0) is 26.7. The maximum absolute atomic E-state index is 13.6. The first-order chi connectivity index (χ1) is 17.6. The molecular formula is C25H34ClN7O3S. The molecule has 0 spiro atoms. The number of nitrogens with zero attached hydrogens (tertiary/aromatic N) is 4. The molecule has 1 aromatic carbocycles. The van der Waals surface area contributed by atoms with Crippen molar-refractivity contribution in [1.29, 1.82) is 5.41 Å². The summed E-state index contributed by atoms with van der Waals surface area (Å²) in [6, 6.07) is 4.48. The van der Waals surface area contributed by atoms with E-state index in [0.29, 0.717) is 35.6 Å². The van der Waals surface area contributed by atoms with E-state index in [1.165, 1.54) is 18.2 Å². The number of piperidine rings is 1. The van der Waals surface area contributed by atoms with Gasteiger partial charge in [0.15, 0.2) is 0 Å². The minimum atomic E-state index is -3.60. The Morgan fingerprint density at radius 1 is 1.24 bits per heavy atom. The lowest BCUT2D eigenvalue weighted by Crippen LogP contribution is -2.48. The number of rotatable bonds is 8. The molecule has 1 aromatic heterocycles. The van der Waals surface area contributed by atoms with Gasteiger partial charge in [-0.3, -0.25) is 9.52 Å². The molecule has 2 atom stereocenters. The molecule has 200 valence electrons. The van der Waals surface area contributed by atoms with Gasteiger partial charge in [0.25, 0.3) is 5.91 Å². The maximum Gasteiger partial charge on any atom is 0.256 e. The molecular weight excluding hydrogens is 514 g/mol. The van der Waals surface area contributed by atoms with Gasteiger partial charge in [0.05, 0.1) is 23.5 Å². The Morgan fingerprint density at radius 2 is 2.03 bits per heavy atom. The molecule has 37 heavy (non-hydrogen) atoms. The van der Waals surface area contributed by atoms with Crippen LogP contribution in [0.1, 0.15) is 47.4 Å². The number of hydrogen-bond acceptors (Lipinski definition) is 8. The van der Waals surface area contributed by atoms with Crippen LogP contribution >= 0.6 is 11.6 Å². The summed E-state index contributed by atoms with van der Waals surface area (Å²) in [4.78, 5) is 26.8. The van der Waals surface area contributed by atoms with Crippen LogP contribution in [0.4, 0.5) is 11.5 Å². The fourth-order valence-electron chi connectivity index (χ4n) is 5.02. The number of hydrogen-bond donors (Lipinski definition) is 3. The Hall–Kier alpha value is -2.76. The third kappa shape index (κ3) is 6.58. The Bertz CT molecular complexity index is 1290. The van der Waals surface area contributed by atoms with Gasteiger partial charge in [0.1, 0.15) is 11.6 Å². The number of likely N-dealkylation sites (tertiary alicyclic amines) is 1. The van der Waals surface area contributed by atoms with Crippen molar-refractivity contribution in [2.75, 3.05) is 42.6 Å². The molecule has 3 N–H and O–H groups in total. The first-order valence-corrected chi connectivity index (χ1v) is 14.7. The molecule has 0 radical (unpaired) electrons. The number of aromatic nitrogens is 2. The summed E-state index contributed by atoms with van der Waals surface area (Å²) in [6.45, 7) is 4.25. The van der Waals surface area contributed by atoms with Crippen molar-refractivity contribution < 1.29 is 13.2 Å². The average molecular weight is 548 g/mol. The molecule has 0 aliphatic carbocycles. The van der Waals surface area contributed by atoms with Gasteiger partial charge in [0.2, 0.25) is 10.0 Å². The number of benzene rings is 1. The minimum absolute atomic E-state index is 0.166. The molecule has 2 aromatic rings. The maximum atomic E-state index is 13.6. The van der Waals surface area contributed by atoms with Crippen LogP contribution < -0.4 is 14.9 Å². The van der Waals surface area contributed by atoms with Crippen molar-refractivity contribution in [3.8, 4) is 0 Å². The van der Waals surface area contributed by atoms with Gasteiger partial charge >= 0.3 is 0 Å². The second-order valence-corrected chi connectivity index (χ2v) is 12.0. The zero-order valence-electron chi connectivity index (χ0n) is 21.4. The molecule has 4 rings (SSSR count). The van der Waals surface area contributed by atoms with Gasteiger partial charge in [-0.15, -0.1) is 0 Å². The van der Waals surface area contributed by atoms with E-state index in [9.17, 15) is 13.2 Å². The summed E-state index contributed by atoms with van der Waals surface area (Å²) in [5.74, 6) is 1.09. The second kappa shape index (κ2) is 11.3. The molecule has 2 aliphatic heterocycles. The third-order valence-corrected chi connectivity index (χ3v) is 7.74. The number of carbonyl (C=O) groups is 1. The molecule has 3 heterocycles. The van der Waals surface area contributed by atoms with Crippen molar-refractivity contribution in [2.24, 2.45) is 0 Å². The van der Waals surface area contributed by atoms with E-state index in [1.54, 1.807) is 11.1 Å². The van der Waals surface area contributed by atoms with Crippen molar-refractivity contribution in [3.63, 3.8) is 0 Å². The highest BCUT2D eigenvalue weighted by molar-refractivity contribution is 7.92. The fraction of sp³-hybridized carbons (Fsp3) is 0.520. The highest BCUT2D eigenvalue weighted by Gasteiger charge is 2.32. The summed E-state index contributed by atoms with van der Waals surface area (Å²) in [7, 11) is -1.63. The van der Waals surface area contributed by atoms with E-state index in [1.807, 2.05) is 14.0 Å². The lowest BCUT2D eigenvalue weighted by Gasteiger charge is -2.36. The molecule has 2 aliphatic rings. The molecule has 2 unspecified atom stereocenters. The fourth-order valence-corrected chi connectivity index (χ4v) is 5.77. The monoisotopic (exact) mass is 547 g/mol.